The zero-order valence-corrected chi connectivity index (χ0v) is 17.6. The number of ether oxygens (including phenoxy) is 1. The average Bonchev–Trinajstić information content (AvgIpc) is 3.31. The van der Waals surface area contributed by atoms with Gasteiger partial charge in [0.15, 0.2) is 5.69 Å². The number of carbonyl (C=O) groups excluding carboxylic acids is 1. The summed E-state index contributed by atoms with van der Waals surface area (Å²) >= 11 is 0. The summed E-state index contributed by atoms with van der Waals surface area (Å²) in [6, 6.07) is 12.7. The van der Waals surface area contributed by atoms with Crippen molar-refractivity contribution in [3.63, 3.8) is 0 Å². The second kappa shape index (κ2) is 9.09. The number of likely N-dealkylation sites (tertiary alicyclic amines) is 1. The van der Waals surface area contributed by atoms with Crippen molar-refractivity contribution in [2.75, 3.05) is 20.2 Å². The monoisotopic (exact) mass is 419 g/mol. The van der Waals surface area contributed by atoms with Crippen molar-refractivity contribution in [1.82, 2.24) is 20.5 Å². The highest BCUT2D eigenvalue weighted by Crippen LogP contribution is 2.24. The van der Waals surface area contributed by atoms with Crippen LogP contribution in [0.3, 0.4) is 0 Å². The summed E-state index contributed by atoms with van der Waals surface area (Å²) < 4.78 is 5.52. The van der Waals surface area contributed by atoms with Crippen LogP contribution in [0.4, 0.5) is 0 Å². The van der Waals surface area contributed by atoms with Crippen molar-refractivity contribution in [2.45, 2.75) is 26.3 Å². The summed E-state index contributed by atoms with van der Waals surface area (Å²) in [4.78, 5) is 27.0. The molecule has 0 bridgehead atoms. The van der Waals surface area contributed by atoms with Crippen LogP contribution in [0.2, 0.25) is 0 Å². The van der Waals surface area contributed by atoms with Gasteiger partial charge in [0.05, 0.1) is 18.2 Å². The Morgan fingerprint density at radius 3 is 2.68 bits per heavy atom. The number of fused-ring (bicyclic) bond motifs is 1. The number of benzene rings is 2. The average molecular weight is 419 g/mol. The van der Waals surface area contributed by atoms with E-state index in [0.29, 0.717) is 16.5 Å². The summed E-state index contributed by atoms with van der Waals surface area (Å²) in [5, 5.41) is 11.4. The van der Waals surface area contributed by atoms with Crippen LogP contribution in [0.25, 0.3) is 10.8 Å². The maximum atomic E-state index is 12.7. The zero-order valence-electron chi connectivity index (χ0n) is 17.6. The third-order valence-electron chi connectivity index (χ3n) is 5.53. The van der Waals surface area contributed by atoms with Gasteiger partial charge in [-0.1, -0.05) is 18.2 Å². The van der Waals surface area contributed by atoms with Gasteiger partial charge in [-0.2, -0.15) is 10.2 Å². The molecule has 31 heavy (non-hydrogen) atoms. The summed E-state index contributed by atoms with van der Waals surface area (Å²) in [7, 11) is 1.67. The molecule has 0 unspecified atom stereocenters. The third kappa shape index (κ3) is 4.49. The second-order valence-corrected chi connectivity index (χ2v) is 7.59. The van der Waals surface area contributed by atoms with Gasteiger partial charge >= 0.3 is 0 Å². The maximum Gasteiger partial charge on any atom is 0.292 e. The molecule has 2 N–H and O–H groups in total. The number of carbonyl (C=O) groups is 1. The Morgan fingerprint density at radius 1 is 1.19 bits per heavy atom. The fourth-order valence-corrected chi connectivity index (χ4v) is 3.85. The molecule has 0 saturated carbocycles. The molecule has 8 nitrogen and oxygen atoms in total. The number of hydrogen-bond donors (Lipinski definition) is 2. The molecule has 1 saturated heterocycles. The van der Waals surface area contributed by atoms with Gasteiger partial charge in [0.2, 0.25) is 0 Å². The summed E-state index contributed by atoms with van der Waals surface area (Å²) in [6.07, 6.45) is 2.45. The van der Waals surface area contributed by atoms with Gasteiger partial charge < -0.3 is 4.74 Å². The number of rotatable bonds is 6. The van der Waals surface area contributed by atoms with E-state index in [1.165, 1.54) is 12.8 Å². The fourth-order valence-electron chi connectivity index (χ4n) is 3.85. The first-order valence-corrected chi connectivity index (χ1v) is 10.3. The molecule has 2 heterocycles. The van der Waals surface area contributed by atoms with E-state index >= 15 is 0 Å². The van der Waals surface area contributed by atoms with E-state index in [9.17, 15) is 9.59 Å². The SMILES string of the molecule is COc1ccc(/C(C)=N\NC(=O)c2n[nH]c(=O)c3ccccc23)cc1CN1CCCC1. The predicted octanol–water partition coefficient (Wildman–Crippen LogP) is 2.68. The van der Waals surface area contributed by atoms with Gasteiger partial charge in [0, 0.05) is 17.5 Å². The van der Waals surface area contributed by atoms with Crippen LogP contribution in [0.5, 0.6) is 5.75 Å². The Balaban J connectivity index is 1.55. The van der Waals surface area contributed by atoms with Crippen LogP contribution in [0.15, 0.2) is 52.4 Å². The minimum atomic E-state index is -0.488. The molecule has 0 spiro atoms. The van der Waals surface area contributed by atoms with E-state index in [4.69, 9.17) is 4.74 Å². The molecule has 0 aliphatic carbocycles. The van der Waals surface area contributed by atoms with Crippen molar-refractivity contribution in [2.24, 2.45) is 5.10 Å². The Labute approximate surface area is 179 Å². The van der Waals surface area contributed by atoms with Gasteiger partial charge in [-0.15, -0.1) is 0 Å². The molecular formula is C23H25N5O3. The first-order valence-electron chi connectivity index (χ1n) is 10.3. The number of aromatic nitrogens is 2. The largest absolute Gasteiger partial charge is 0.496 e. The van der Waals surface area contributed by atoms with Crippen molar-refractivity contribution in [3.05, 3.63) is 69.6 Å². The van der Waals surface area contributed by atoms with Gasteiger partial charge in [-0.25, -0.2) is 10.5 Å². The van der Waals surface area contributed by atoms with Gasteiger partial charge in [-0.05, 0) is 62.7 Å². The van der Waals surface area contributed by atoms with E-state index in [0.717, 1.165) is 36.5 Å². The van der Waals surface area contributed by atoms with Crippen LogP contribution in [-0.2, 0) is 6.54 Å². The number of nitrogens with zero attached hydrogens (tertiary/aromatic N) is 3. The van der Waals surface area contributed by atoms with Crippen LogP contribution < -0.4 is 15.7 Å². The molecule has 8 heteroatoms. The number of H-pyrrole nitrogens is 1. The molecule has 4 rings (SSSR count). The molecule has 0 radical (unpaired) electrons. The number of hydrogen-bond acceptors (Lipinski definition) is 6. The molecule has 1 aliphatic heterocycles. The van der Waals surface area contributed by atoms with Crippen molar-refractivity contribution >= 4 is 22.4 Å². The normalized spacial score (nSPS) is 14.7. The highest BCUT2D eigenvalue weighted by molar-refractivity contribution is 6.06. The van der Waals surface area contributed by atoms with E-state index in [-0.39, 0.29) is 11.3 Å². The molecule has 3 aromatic rings. The third-order valence-corrected chi connectivity index (χ3v) is 5.53. The lowest BCUT2D eigenvalue weighted by Gasteiger charge is -2.17. The van der Waals surface area contributed by atoms with Crippen LogP contribution >= 0.6 is 0 Å². The van der Waals surface area contributed by atoms with Gasteiger partial charge in [0.25, 0.3) is 11.5 Å². The highest BCUT2D eigenvalue weighted by Gasteiger charge is 2.16. The fraction of sp³-hybridized carbons (Fsp3) is 0.304. The lowest BCUT2D eigenvalue weighted by molar-refractivity contribution is 0.0950. The summed E-state index contributed by atoms with van der Waals surface area (Å²) in [5.41, 5.74) is 4.99. The first-order chi connectivity index (χ1) is 15.1. The predicted molar refractivity (Wildman–Crippen MR) is 120 cm³/mol. The smallest absolute Gasteiger partial charge is 0.292 e. The first kappa shape index (κ1) is 20.7. The summed E-state index contributed by atoms with van der Waals surface area (Å²) in [5.74, 6) is 0.356. The quantitative estimate of drug-likeness (QED) is 0.473. The maximum absolute atomic E-state index is 12.7. The molecular weight excluding hydrogens is 394 g/mol. The molecule has 0 atom stereocenters. The van der Waals surface area contributed by atoms with Crippen molar-refractivity contribution in [1.29, 1.82) is 0 Å². The Morgan fingerprint density at radius 2 is 1.94 bits per heavy atom. The van der Waals surface area contributed by atoms with Gasteiger partial charge in [0.1, 0.15) is 5.75 Å². The molecule has 1 aromatic heterocycles. The lowest BCUT2D eigenvalue weighted by atomic mass is 10.1. The van der Waals surface area contributed by atoms with E-state index in [1.807, 2.05) is 19.1 Å². The Bertz CT molecular complexity index is 1200. The van der Waals surface area contributed by atoms with Crippen LogP contribution in [-0.4, -0.2) is 46.9 Å². The lowest BCUT2D eigenvalue weighted by Crippen LogP contribution is -2.23. The van der Waals surface area contributed by atoms with Crippen molar-refractivity contribution in [3.8, 4) is 5.75 Å². The van der Waals surface area contributed by atoms with Crippen LogP contribution in [0.1, 0.15) is 41.4 Å². The second-order valence-electron chi connectivity index (χ2n) is 7.59. The molecule has 1 fully saturated rings. The molecule has 2 aromatic carbocycles. The molecule has 1 aliphatic rings. The number of methoxy groups -OCH3 is 1. The van der Waals surface area contributed by atoms with Gasteiger partial charge in [-0.3, -0.25) is 14.5 Å². The molecule has 1 amide bonds. The molecule has 160 valence electrons. The number of aromatic amines is 1. The topological polar surface area (TPSA) is 99.7 Å². The highest BCUT2D eigenvalue weighted by atomic mass is 16.5. The zero-order chi connectivity index (χ0) is 21.8. The minimum absolute atomic E-state index is 0.121. The minimum Gasteiger partial charge on any atom is -0.496 e. The Kier molecular flexibility index (Phi) is 6.08. The Hall–Kier alpha value is -3.52. The number of hydrazone groups is 1. The van der Waals surface area contributed by atoms with E-state index < -0.39 is 5.91 Å². The van der Waals surface area contributed by atoms with E-state index in [2.05, 4.69) is 31.7 Å². The number of nitrogens with one attached hydrogen (secondary N) is 2. The number of amides is 1. The summed E-state index contributed by atoms with van der Waals surface area (Å²) in [6.45, 7) is 4.84. The van der Waals surface area contributed by atoms with E-state index in [1.54, 1.807) is 31.4 Å². The standard InChI is InChI=1S/C23H25N5O3/c1-15(16-9-10-20(31-2)17(13-16)14-28-11-5-6-12-28)24-27-23(30)21-18-7-3-4-8-19(18)22(29)26-25-21/h3-4,7-10,13H,5-6,11-12,14H2,1-2H3,(H,26,29)(H,27,30)/b24-15-. The van der Waals surface area contributed by atoms with Crippen LogP contribution in [0, 0.1) is 0 Å². The van der Waals surface area contributed by atoms with Crippen molar-refractivity contribution < 1.29 is 9.53 Å².